The van der Waals surface area contributed by atoms with Crippen LogP contribution in [0.25, 0.3) is 44.3 Å². The topological polar surface area (TPSA) is 19.6 Å². The van der Waals surface area contributed by atoms with Gasteiger partial charge in [-0.1, -0.05) is 177 Å². The maximum absolute atomic E-state index is 7.75. The molecule has 3 heterocycles. The zero-order valence-electron chi connectivity index (χ0n) is 42.9. The average molecular weight is 923 g/mol. The van der Waals surface area contributed by atoms with Crippen molar-refractivity contribution in [2.45, 2.75) is 110 Å². The van der Waals surface area contributed by atoms with E-state index < -0.39 is 0 Å². The number of hydrogen-bond acceptors (Lipinski definition) is 3. The second-order valence-corrected chi connectivity index (χ2v) is 23.9. The van der Waals surface area contributed by atoms with Crippen LogP contribution in [0.2, 0.25) is 0 Å². The minimum atomic E-state index is -0.157. The number of nitrogens with zero attached hydrogens (tertiary/aromatic N) is 2. The molecule has 0 fully saturated rings. The van der Waals surface area contributed by atoms with E-state index in [1.807, 2.05) is 0 Å². The average Bonchev–Trinajstić information content (AvgIpc) is 3.75. The van der Waals surface area contributed by atoms with E-state index in [1.165, 1.54) is 94.6 Å². The third-order valence-corrected chi connectivity index (χ3v) is 17.4. The molecule has 13 rings (SSSR count). The van der Waals surface area contributed by atoms with Crippen molar-refractivity contribution in [3.8, 4) is 33.4 Å². The third kappa shape index (κ3) is 6.77. The minimum absolute atomic E-state index is 0.00845. The highest BCUT2D eigenvalue weighted by Crippen LogP contribution is 2.55. The largest absolute Gasteiger partial charge is 0.468 e. The van der Waals surface area contributed by atoms with Gasteiger partial charge in [0.1, 0.15) is 5.58 Å². The van der Waals surface area contributed by atoms with Gasteiger partial charge in [-0.15, -0.1) is 0 Å². The normalized spacial score (nSPS) is 17.5. The fourth-order valence-corrected chi connectivity index (χ4v) is 13.1. The Morgan fingerprint density at radius 3 is 1.49 bits per heavy atom. The van der Waals surface area contributed by atoms with Crippen LogP contribution in [0.5, 0.6) is 0 Å². The van der Waals surface area contributed by atoms with Crippen molar-refractivity contribution in [2.24, 2.45) is 0 Å². The van der Waals surface area contributed by atoms with E-state index in [-0.39, 0.29) is 28.4 Å². The van der Waals surface area contributed by atoms with Crippen LogP contribution in [0.1, 0.15) is 109 Å². The summed E-state index contributed by atoms with van der Waals surface area (Å²) in [4.78, 5) is 5.22. The van der Waals surface area contributed by atoms with Crippen molar-refractivity contribution in [2.75, 3.05) is 9.80 Å². The van der Waals surface area contributed by atoms with E-state index in [0.29, 0.717) is 0 Å². The molecule has 2 aliphatic carbocycles. The van der Waals surface area contributed by atoms with E-state index in [4.69, 9.17) is 4.42 Å². The van der Waals surface area contributed by atoms with Crippen LogP contribution in [-0.4, -0.2) is 6.71 Å². The summed E-state index contributed by atoms with van der Waals surface area (Å²) in [5, 5.41) is 1.18. The predicted octanol–water partition coefficient (Wildman–Crippen LogP) is 16.5. The fourth-order valence-electron chi connectivity index (χ4n) is 13.1. The second-order valence-electron chi connectivity index (χ2n) is 23.9. The third-order valence-electron chi connectivity index (χ3n) is 17.4. The lowest BCUT2D eigenvalue weighted by Gasteiger charge is -2.46. The van der Waals surface area contributed by atoms with E-state index in [9.17, 15) is 0 Å². The molecule has 8 aromatic carbocycles. The quantitative estimate of drug-likeness (QED) is 0.160. The summed E-state index contributed by atoms with van der Waals surface area (Å²) in [5.41, 5.74) is 25.9. The van der Waals surface area contributed by atoms with Crippen molar-refractivity contribution in [1.82, 2.24) is 0 Å². The van der Waals surface area contributed by atoms with Gasteiger partial charge in [0.2, 0.25) is 0 Å². The highest BCUT2D eigenvalue weighted by Gasteiger charge is 2.50. The van der Waals surface area contributed by atoms with E-state index in [2.05, 4.69) is 242 Å². The summed E-state index contributed by atoms with van der Waals surface area (Å²) in [5.74, 6) is 0. The molecule has 0 spiro atoms. The number of benzene rings is 8. The van der Waals surface area contributed by atoms with Gasteiger partial charge in [0.25, 0.3) is 6.71 Å². The molecule has 4 aliphatic rings. The van der Waals surface area contributed by atoms with Gasteiger partial charge in [0, 0.05) is 33.7 Å². The second kappa shape index (κ2) is 15.5. The molecule has 0 radical (unpaired) electrons. The number of aryl methyl sites for hydroxylation is 1. The van der Waals surface area contributed by atoms with Crippen LogP contribution in [0.4, 0.5) is 34.1 Å². The maximum atomic E-state index is 7.75. The van der Waals surface area contributed by atoms with Crippen LogP contribution in [0.15, 0.2) is 174 Å². The fraction of sp³-hybridized carbons (Fsp3) is 0.254. The first-order chi connectivity index (χ1) is 34.1. The van der Waals surface area contributed by atoms with Crippen molar-refractivity contribution < 1.29 is 4.42 Å². The molecule has 0 bridgehead atoms. The Bertz CT molecular complexity index is 3600. The highest BCUT2D eigenvalue weighted by molar-refractivity contribution is 7.00. The molecule has 0 saturated carbocycles. The van der Waals surface area contributed by atoms with E-state index in [1.54, 1.807) is 0 Å². The monoisotopic (exact) mass is 923 g/mol. The predicted molar refractivity (Wildman–Crippen MR) is 302 cm³/mol. The Balaban J connectivity index is 1.17. The van der Waals surface area contributed by atoms with Gasteiger partial charge in [0.15, 0.2) is 0 Å². The van der Waals surface area contributed by atoms with Crippen molar-refractivity contribution in [1.29, 1.82) is 0 Å². The van der Waals surface area contributed by atoms with Crippen LogP contribution in [0.3, 0.4) is 0 Å². The maximum Gasteiger partial charge on any atom is 0.297 e. The Hall–Kier alpha value is -7.04. The summed E-state index contributed by atoms with van der Waals surface area (Å²) >= 11 is 0. The Kier molecular flexibility index (Phi) is 9.58. The first-order valence-corrected chi connectivity index (χ1v) is 26.0. The molecule has 1 aromatic heterocycles. The van der Waals surface area contributed by atoms with Gasteiger partial charge in [0.05, 0.1) is 17.0 Å². The number of fused-ring (bicyclic) bond motifs is 8. The first-order valence-electron chi connectivity index (χ1n) is 26.0. The molecule has 0 amide bonds. The zero-order valence-corrected chi connectivity index (χ0v) is 42.9. The van der Waals surface area contributed by atoms with Crippen LogP contribution in [-0.2, 0) is 21.7 Å². The number of furan rings is 1. The molecule has 0 saturated heterocycles. The zero-order chi connectivity index (χ0) is 48.8. The van der Waals surface area contributed by atoms with Gasteiger partial charge in [-0.05, 0) is 169 Å². The molecule has 0 unspecified atom stereocenters. The number of rotatable bonds is 5. The lowest BCUT2D eigenvalue weighted by atomic mass is 9.35. The smallest absolute Gasteiger partial charge is 0.297 e. The standard InChI is InChI=1S/C67H63BN2O/c1-42-35-58-61-59(36-42)70(56-37-47(44-21-15-11-16-22-44)27-30-49(56)46-23-17-12-18-24-46)62-50-38-51-54(67(8,9)34-31-64(51,2)3)41-60(50)71-63(62)68(61)55-39-52-53(66(6,7)33-32-65(52,4)5)40-57(55)69(58)48-28-25-45(26-29-48)43-19-13-10-14-20-43/h10-30,35-41H,31-34H2,1-9H3. The molecule has 350 valence electrons. The van der Waals surface area contributed by atoms with Gasteiger partial charge in [-0.25, -0.2) is 0 Å². The minimum Gasteiger partial charge on any atom is -0.468 e. The van der Waals surface area contributed by atoms with Gasteiger partial charge in [-0.3, -0.25) is 0 Å². The Morgan fingerprint density at radius 1 is 0.423 bits per heavy atom. The van der Waals surface area contributed by atoms with Crippen molar-refractivity contribution in [3.05, 3.63) is 198 Å². The molecule has 2 aliphatic heterocycles. The van der Waals surface area contributed by atoms with Crippen molar-refractivity contribution >= 4 is 68.4 Å². The molecule has 71 heavy (non-hydrogen) atoms. The highest BCUT2D eigenvalue weighted by atomic mass is 16.3. The molecule has 3 nitrogen and oxygen atoms in total. The number of anilines is 6. The molecule has 0 atom stereocenters. The van der Waals surface area contributed by atoms with Gasteiger partial charge < -0.3 is 14.2 Å². The summed E-state index contributed by atoms with van der Waals surface area (Å²) in [6.45, 7) is 21.7. The SMILES string of the molecule is Cc1cc2c3c(c1)N(c1cc(-c4ccccc4)ccc1-c1ccccc1)c1c(oc4cc5c(cc14)C(C)(C)CCC5(C)C)B3c1cc3c(cc1N2c1ccc(-c2ccccc2)cc1)C(C)(C)CCC3(C)C. The molecular formula is C67H63BN2O. The Morgan fingerprint density at radius 2 is 0.901 bits per heavy atom. The van der Waals surface area contributed by atoms with Crippen LogP contribution in [0, 0.1) is 6.92 Å². The van der Waals surface area contributed by atoms with Crippen LogP contribution >= 0.6 is 0 Å². The Labute approximate surface area is 421 Å². The number of hydrogen-bond donors (Lipinski definition) is 0. The van der Waals surface area contributed by atoms with E-state index >= 15 is 0 Å². The molecular weight excluding hydrogens is 860 g/mol. The van der Waals surface area contributed by atoms with E-state index in [0.717, 1.165) is 54.0 Å². The summed E-state index contributed by atoms with van der Waals surface area (Å²) < 4.78 is 7.75. The van der Waals surface area contributed by atoms with Gasteiger partial charge >= 0.3 is 0 Å². The summed E-state index contributed by atoms with van der Waals surface area (Å²) in [6, 6.07) is 64.1. The van der Waals surface area contributed by atoms with Crippen LogP contribution < -0.4 is 26.4 Å². The van der Waals surface area contributed by atoms with Crippen molar-refractivity contribution in [3.63, 3.8) is 0 Å². The summed E-state index contributed by atoms with van der Waals surface area (Å²) in [6.07, 6.45) is 4.57. The lowest BCUT2D eigenvalue weighted by Crippen LogP contribution is -2.61. The lowest BCUT2D eigenvalue weighted by molar-refractivity contribution is 0.332. The molecule has 0 N–H and O–H groups in total. The molecule has 4 heteroatoms. The first kappa shape index (κ1) is 43.9. The molecule has 9 aromatic rings. The van der Waals surface area contributed by atoms with Gasteiger partial charge in [-0.2, -0.15) is 0 Å². The summed E-state index contributed by atoms with van der Waals surface area (Å²) in [7, 11) is 0.